The highest BCUT2D eigenvalue weighted by molar-refractivity contribution is 5.97. The van der Waals surface area contributed by atoms with Crippen molar-refractivity contribution < 1.29 is 17.7 Å². The van der Waals surface area contributed by atoms with Crippen molar-refractivity contribution >= 4 is 16.9 Å². The highest BCUT2D eigenvalue weighted by Crippen LogP contribution is 2.39. The van der Waals surface area contributed by atoms with E-state index in [1.165, 1.54) is 0 Å². The predicted molar refractivity (Wildman–Crippen MR) is 119 cm³/mol. The molecule has 33 heavy (non-hydrogen) atoms. The minimum absolute atomic E-state index is 0.0731. The lowest BCUT2D eigenvalue weighted by Gasteiger charge is -2.24. The van der Waals surface area contributed by atoms with Crippen molar-refractivity contribution in [3.8, 4) is 22.4 Å². The fourth-order valence-corrected chi connectivity index (χ4v) is 4.39. The van der Waals surface area contributed by atoms with E-state index in [4.69, 9.17) is 4.52 Å². The fraction of sp³-hybridized carbons (Fsp3) is 0.348. The Morgan fingerprint density at radius 1 is 1.21 bits per heavy atom. The Labute approximate surface area is 187 Å². The number of fused-ring (bicyclic) bond motifs is 1. The first-order valence-corrected chi connectivity index (χ1v) is 10.8. The number of alkyl halides is 3. The van der Waals surface area contributed by atoms with Crippen molar-refractivity contribution in [3.63, 3.8) is 0 Å². The van der Waals surface area contributed by atoms with E-state index >= 15 is 0 Å². The van der Waals surface area contributed by atoms with Gasteiger partial charge in [0.15, 0.2) is 0 Å². The third-order valence-electron chi connectivity index (χ3n) is 5.98. The van der Waals surface area contributed by atoms with Crippen LogP contribution in [0.25, 0.3) is 33.3 Å². The Bertz CT molecular complexity index is 1280. The van der Waals surface area contributed by atoms with Gasteiger partial charge in [0.2, 0.25) is 5.95 Å². The molecule has 3 N–H and O–H groups in total. The number of nitrogens with one attached hydrogen (secondary N) is 3. The molecular weight excluding hydrogens is 433 g/mol. The van der Waals surface area contributed by atoms with Crippen molar-refractivity contribution in [1.29, 1.82) is 0 Å². The lowest BCUT2D eigenvalue weighted by molar-refractivity contribution is -0.137. The Morgan fingerprint density at radius 2 is 2.06 bits per heavy atom. The zero-order valence-electron chi connectivity index (χ0n) is 18.2. The van der Waals surface area contributed by atoms with Crippen LogP contribution in [0, 0.1) is 13.8 Å². The van der Waals surface area contributed by atoms with Crippen molar-refractivity contribution in [2.45, 2.75) is 38.9 Å². The van der Waals surface area contributed by atoms with Crippen LogP contribution in [0.4, 0.5) is 19.1 Å². The molecule has 0 amide bonds. The van der Waals surface area contributed by atoms with E-state index < -0.39 is 11.7 Å². The van der Waals surface area contributed by atoms with Gasteiger partial charge in [0.25, 0.3) is 0 Å². The summed E-state index contributed by atoms with van der Waals surface area (Å²) >= 11 is 0. The van der Waals surface area contributed by atoms with E-state index in [-0.39, 0.29) is 17.7 Å². The van der Waals surface area contributed by atoms with Crippen LogP contribution in [-0.4, -0.2) is 39.2 Å². The van der Waals surface area contributed by atoms with Crippen LogP contribution in [0.3, 0.4) is 0 Å². The minimum Gasteiger partial charge on any atom is -0.361 e. The smallest absolute Gasteiger partial charge is 0.361 e. The zero-order chi connectivity index (χ0) is 23.2. The molecule has 4 aromatic rings. The molecule has 0 spiro atoms. The largest absolute Gasteiger partial charge is 0.419 e. The van der Waals surface area contributed by atoms with Gasteiger partial charge in [-0.25, -0.2) is 9.97 Å². The summed E-state index contributed by atoms with van der Waals surface area (Å²) in [7, 11) is 0. The Balaban J connectivity index is 1.58. The fourth-order valence-electron chi connectivity index (χ4n) is 4.39. The van der Waals surface area contributed by atoms with Gasteiger partial charge in [0.1, 0.15) is 11.3 Å². The number of anilines is 1. The van der Waals surface area contributed by atoms with Gasteiger partial charge in [-0.1, -0.05) is 17.3 Å². The number of piperidine rings is 1. The third-order valence-corrected chi connectivity index (χ3v) is 5.98. The molecule has 4 heterocycles. The number of nitrogens with zero attached hydrogens (tertiary/aromatic N) is 3. The number of aromatic amines is 1. The van der Waals surface area contributed by atoms with Gasteiger partial charge in [0, 0.05) is 47.0 Å². The van der Waals surface area contributed by atoms with Crippen molar-refractivity contribution in [2.75, 3.05) is 18.4 Å². The molecule has 0 saturated carbocycles. The molecule has 1 saturated heterocycles. The summed E-state index contributed by atoms with van der Waals surface area (Å²) in [6.07, 6.45) is -0.269. The van der Waals surface area contributed by atoms with Crippen LogP contribution < -0.4 is 10.6 Å². The molecule has 0 bridgehead atoms. The highest BCUT2D eigenvalue weighted by Gasteiger charge is 2.36. The van der Waals surface area contributed by atoms with Gasteiger partial charge in [0.05, 0.1) is 11.4 Å². The summed E-state index contributed by atoms with van der Waals surface area (Å²) in [5.74, 6) is 0.870. The molecular formula is C23H23F3N6O. The molecule has 1 aliphatic rings. The van der Waals surface area contributed by atoms with E-state index in [9.17, 15) is 13.2 Å². The molecule has 1 unspecified atom stereocenters. The Morgan fingerprint density at radius 3 is 2.76 bits per heavy atom. The van der Waals surface area contributed by atoms with E-state index in [0.717, 1.165) is 48.9 Å². The van der Waals surface area contributed by atoms with Crippen LogP contribution in [0.5, 0.6) is 0 Å². The molecule has 1 aromatic carbocycles. The molecule has 0 radical (unpaired) electrons. The van der Waals surface area contributed by atoms with Gasteiger partial charge in [-0.3, -0.25) is 0 Å². The van der Waals surface area contributed by atoms with E-state index in [2.05, 4.69) is 30.7 Å². The topological polar surface area (TPSA) is 91.7 Å². The first-order valence-electron chi connectivity index (χ1n) is 10.8. The summed E-state index contributed by atoms with van der Waals surface area (Å²) in [4.78, 5) is 11.4. The maximum absolute atomic E-state index is 13.8. The van der Waals surface area contributed by atoms with Gasteiger partial charge in [-0.15, -0.1) is 0 Å². The highest BCUT2D eigenvalue weighted by atomic mass is 19.4. The molecule has 7 nitrogen and oxygen atoms in total. The van der Waals surface area contributed by atoms with Crippen LogP contribution >= 0.6 is 0 Å². The van der Waals surface area contributed by atoms with Gasteiger partial charge in [-0.2, -0.15) is 13.2 Å². The lowest BCUT2D eigenvalue weighted by Crippen LogP contribution is -2.38. The summed E-state index contributed by atoms with van der Waals surface area (Å²) < 4.78 is 46.7. The molecule has 0 aliphatic carbocycles. The Hall–Kier alpha value is -3.40. The standard InChI is InChI=1S/C23H23F3N6O/c1-12-20(13(2)33-32-12)14-5-6-16-17(10-28-19(16)8-14)21-18(23(24,25)26)11-29-22(31-21)30-15-4-3-7-27-9-15/h5-6,8,10-11,15,27-28H,3-4,7,9H2,1-2H3,(H,29,30,31). The average molecular weight is 456 g/mol. The van der Waals surface area contributed by atoms with Crippen LogP contribution in [0.1, 0.15) is 29.9 Å². The first kappa shape index (κ1) is 21.4. The average Bonchev–Trinajstić information content (AvgIpc) is 3.35. The number of hydrogen-bond donors (Lipinski definition) is 3. The summed E-state index contributed by atoms with van der Waals surface area (Å²) in [6.45, 7) is 5.33. The maximum Gasteiger partial charge on any atom is 0.419 e. The maximum atomic E-state index is 13.8. The summed E-state index contributed by atoms with van der Waals surface area (Å²) in [5, 5.41) is 11.1. The molecule has 1 atom stereocenters. The second-order valence-electron chi connectivity index (χ2n) is 8.30. The zero-order valence-corrected chi connectivity index (χ0v) is 18.2. The molecule has 10 heteroatoms. The quantitative estimate of drug-likeness (QED) is 0.397. The van der Waals surface area contributed by atoms with Gasteiger partial charge in [-0.05, 0) is 44.9 Å². The van der Waals surface area contributed by atoms with E-state index in [1.807, 2.05) is 26.0 Å². The van der Waals surface area contributed by atoms with Crippen molar-refractivity contribution in [2.24, 2.45) is 0 Å². The number of H-pyrrole nitrogens is 1. The molecule has 172 valence electrons. The predicted octanol–water partition coefficient (Wildman–Crippen LogP) is 5.08. The number of halogens is 3. The minimum atomic E-state index is -4.58. The second kappa shape index (κ2) is 8.18. The molecule has 1 aliphatic heterocycles. The normalized spacial score (nSPS) is 16.9. The van der Waals surface area contributed by atoms with Crippen LogP contribution in [-0.2, 0) is 6.18 Å². The van der Waals surface area contributed by atoms with E-state index in [0.29, 0.717) is 22.2 Å². The van der Waals surface area contributed by atoms with Crippen molar-refractivity contribution in [1.82, 2.24) is 25.4 Å². The number of aryl methyl sites for hydroxylation is 2. The first-order chi connectivity index (χ1) is 15.8. The van der Waals surface area contributed by atoms with Crippen LogP contribution in [0.15, 0.2) is 35.1 Å². The second-order valence-corrected chi connectivity index (χ2v) is 8.30. The van der Waals surface area contributed by atoms with E-state index in [1.54, 1.807) is 12.3 Å². The van der Waals surface area contributed by atoms with Crippen LogP contribution in [0.2, 0.25) is 0 Å². The monoisotopic (exact) mass is 456 g/mol. The number of hydrogen-bond acceptors (Lipinski definition) is 6. The van der Waals surface area contributed by atoms with Crippen molar-refractivity contribution in [3.05, 3.63) is 47.6 Å². The molecule has 3 aromatic heterocycles. The number of rotatable bonds is 4. The number of benzene rings is 1. The molecule has 5 rings (SSSR count). The Kier molecular flexibility index (Phi) is 5.32. The van der Waals surface area contributed by atoms with Gasteiger partial charge < -0.3 is 20.1 Å². The van der Waals surface area contributed by atoms with Gasteiger partial charge >= 0.3 is 6.18 Å². The summed E-state index contributed by atoms with van der Waals surface area (Å²) in [6, 6.07) is 5.60. The lowest BCUT2D eigenvalue weighted by atomic mass is 10.0. The number of aromatic nitrogens is 4. The third kappa shape index (κ3) is 4.06. The summed E-state index contributed by atoms with van der Waals surface area (Å²) in [5.41, 5.74) is 2.54. The SMILES string of the molecule is Cc1noc(C)c1-c1ccc2c(-c3nc(NC4CCCNC4)ncc3C(F)(F)F)c[nH]c2c1. The molecule has 1 fully saturated rings.